The zero-order chi connectivity index (χ0) is 16.2. The van der Waals surface area contributed by atoms with Crippen LogP contribution in [0.1, 0.15) is 51.9 Å². The van der Waals surface area contributed by atoms with Gasteiger partial charge < -0.3 is 20.3 Å². The third-order valence-corrected chi connectivity index (χ3v) is 5.44. The number of halogens is 1. The summed E-state index contributed by atoms with van der Waals surface area (Å²) in [6.07, 6.45) is 7.96. The van der Waals surface area contributed by atoms with E-state index in [-0.39, 0.29) is 24.0 Å². The van der Waals surface area contributed by atoms with Crippen LogP contribution in [0.25, 0.3) is 0 Å². The number of carbonyl (C=O) groups excluding carboxylic acids is 1. The SMILES string of the molecule is CCC(CCNC(=NC)NC1CC2CCC1O2)N1CCCC1=O.I. The molecule has 3 aliphatic rings. The van der Waals surface area contributed by atoms with Gasteiger partial charge in [0.2, 0.25) is 5.91 Å². The second-order valence-corrected chi connectivity index (χ2v) is 6.90. The van der Waals surface area contributed by atoms with E-state index < -0.39 is 0 Å². The number of nitrogens with zero attached hydrogens (tertiary/aromatic N) is 2. The first-order chi connectivity index (χ1) is 11.2. The quantitative estimate of drug-likeness (QED) is 0.369. The largest absolute Gasteiger partial charge is 0.373 e. The van der Waals surface area contributed by atoms with Gasteiger partial charge in [-0.3, -0.25) is 9.79 Å². The Morgan fingerprint density at radius 1 is 1.46 bits per heavy atom. The van der Waals surface area contributed by atoms with Crippen LogP contribution in [0.2, 0.25) is 0 Å². The van der Waals surface area contributed by atoms with Crippen molar-refractivity contribution in [2.75, 3.05) is 20.1 Å². The summed E-state index contributed by atoms with van der Waals surface area (Å²) in [5.74, 6) is 1.17. The highest BCUT2D eigenvalue weighted by Gasteiger charge is 2.41. The molecule has 3 heterocycles. The summed E-state index contributed by atoms with van der Waals surface area (Å²) in [5, 5.41) is 6.90. The molecule has 2 N–H and O–H groups in total. The van der Waals surface area contributed by atoms with Gasteiger partial charge in [0, 0.05) is 32.6 Å². The minimum atomic E-state index is 0. The maximum absolute atomic E-state index is 11.9. The Kier molecular flexibility index (Phi) is 7.59. The van der Waals surface area contributed by atoms with Crippen LogP contribution in [0, 0.1) is 0 Å². The van der Waals surface area contributed by atoms with E-state index in [9.17, 15) is 4.79 Å². The van der Waals surface area contributed by atoms with Gasteiger partial charge in [-0.05, 0) is 38.5 Å². The number of carbonyl (C=O) groups is 1. The third kappa shape index (κ3) is 4.53. The summed E-state index contributed by atoms with van der Waals surface area (Å²) in [4.78, 5) is 18.3. The van der Waals surface area contributed by atoms with Crippen molar-refractivity contribution in [2.24, 2.45) is 4.99 Å². The maximum Gasteiger partial charge on any atom is 0.222 e. The Morgan fingerprint density at radius 3 is 2.83 bits per heavy atom. The molecule has 0 aromatic heterocycles. The first-order valence-electron chi connectivity index (χ1n) is 9.13. The van der Waals surface area contributed by atoms with Gasteiger partial charge in [-0.25, -0.2) is 0 Å². The van der Waals surface area contributed by atoms with E-state index in [4.69, 9.17) is 4.74 Å². The normalized spacial score (nSPS) is 30.4. The molecule has 138 valence electrons. The lowest BCUT2D eigenvalue weighted by Crippen LogP contribution is -2.48. The Hall–Kier alpha value is -0.570. The van der Waals surface area contributed by atoms with Crippen LogP contribution < -0.4 is 10.6 Å². The van der Waals surface area contributed by atoms with Gasteiger partial charge in [0.1, 0.15) is 0 Å². The number of likely N-dealkylation sites (tertiary alicyclic amines) is 1. The molecule has 3 aliphatic heterocycles. The first kappa shape index (κ1) is 19.8. The Bertz CT molecular complexity index is 460. The molecular weight excluding hydrogens is 419 g/mol. The van der Waals surface area contributed by atoms with Crippen LogP contribution in [0.15, 0.2) is 4.99 Å². The second-order valence-electron chi connectivity index (χ2n) is 6.90. The second kappa shape index (κ2) is 9.22. The van der Waals surface area contributed by atoms with Crippen molar-refractivity contribution >= 4 is 35.8 Å². The van der Waals surface area contributed by atoms with Crippen LogP contribution >= 0.6 is 24.0 Å². The molecule has 3 saturated heterocycles. The van der Waals surface area contributed by atoms with Gasteiger partial charge in [0.15, 0.2) is 5.96 Å². The molecule has 0 aromatic carbocycles. The predicted octanol–water partition coefficient (Wildman–Crippen LogP) is 1.88. The van der Waals surface area contributed by atoms with Gasteiger partial charge in [0.05, 0.1) is 18.2 Å². The number of rotatable bonds is 6. The molecule has 6 nitrogen and oxygen atoms in total. The number of hydrogen-bond acceptors (Lipinski definition) is 3. The van der Waals surface area contributed by atoms with Crippen molar-refractivity contribution in [3.8, 4) is 0 Å². The van der Waals surface area contributed by atoms with Gasteiger partial charge in [-0.1, -0.05) is 6.92 Å². The van der Waals surface area contributed by atoms with E-state index in [0.717, 1.165) is 57.6 Å². The number of fused-ring (bicyclic) bond motifs is 2. The molecule has 0 spiro atoms. The molecule has 0 aliphatic carbocycles. The Morgan fingerprint density at radius 2 is 2.29 bits per heavy atom. The van der Waals surface area contributed by atoms with E-state index in [2.05, 4.69) is 27.4 Å². The molecule has 0 aromatic rings. The standard InChI is InChI=1S/C17H30N4O2.HI/c1-3-12(21-10-4-5-16(21)22)8-9-19-17(18-2)20-14-11-13-6-7-15(14)23-13;/h12-15H,3-11H2,1-2H3,(H2,18,19,20);1H. The Labute approximate surface area is 162 Å². The van der Waals surface area contributed by atoms with Crippen LogP contribution in [0.4, 0.5) is 0 Å². The minimum absolute atomic E-state index is 0. The highest BCUT2D eigenvalue weighted by Crippen LogP contribution is 2.34. The topological polar surface area (TPSA) is 66.0 Å². The van der Waals surface area contributed by atoms with Crippen LogP contribution in [0.3, 0.4) is 0 Å². The molecule has 4 unspecified atom stereocenters. The van der Waals surface area contributed by atoms with Crippen molar-refractivity contribution in [1.29, 1.82) is 0 Å². The number of amides is 1. The number of guanidine groups is 1. The van der Waals surface area contributed by atoms with Crippen molar-refractivity contribution in [1.82, 2.24) is 15.5 Å². The molecule has 7 heteroatoms. The number of hydrogen-bond donors (Lipinski definition) is 2. The zero-order valence-corrected chi connectivity index (χ0v) is 17.1. The third-order valence-electron chi connectivity index (χ3n) is 5.44. The predicted molar refractivity (Wildman–Crippen MR) is 106 cm³/mol. The molecule has 0 saturated carbocycles. The van der Waals surface area contributed by atoms with Crippen molar-refractivity contribution in [3.63, 3.8) is 0 Å². The van der Waals surface area contributed by atoms with E-state index in [1.165, 1.54) is 6.42 Å². The molecule has 24 heavy (non-hydrogen) atoms. The summed E-state index contributed by atoms with van der Waals surface area (Å²) in [5.41, 5.74) is 0. The molecule has 1 amide bonds. The summed E-state index contributed by atoms with van der Waals surface area (Å²) in [6.45, 7) is 3.92. The first-order valence-corrected chi connectivity index (χ1v) is 9.13. The number of aliphatic imine (C=N–C) groups is 1. The fourth-order valence-electron chi connectivity index (χ4n) is 4.15. The molecule has 0 radical (unpaired) electrons. The monoisotopic (exact) mass is 450 g/mol. The summed E-state index contributed by atoms with van der Waals surface area (Å²) < 4.78 is 5.88. The van der Waals surface area contributed by atoms with Crippen LogP contribution in [-0.2, 0) is 9.53 Å². The number of nitrogens with one attached hydrogen (secondary N) is 2. The smallest absolute Gasteiger partial charge is 0.222 e. The minimum Gasteiger partial charge on any atom is -0.373 e. The maximum atomic E-state index is 11.9. The lowest BCUT2D eigenvalue weighted by molar-refractivity contribution is -0.129. The molecule has 3 fully saturated rings. The molecule has 2 bridgehead atoms. The van der Waals surface area contributed by atoms with Gasteiger partial charge in [-0.2, -0.15) is 0 Å². The lowest BCUT2D eigenvalue weighted by atomic mass is 9.96. The van der Waals surface area contributed by atoms with E-state index >= 15 is 0 Å². The summed E-state index contributed by atoms with van der Waals surface area (Å²) in [7, 11) is 1.81. The van der Waals surface area contributed by atoms with Gasteiger partial charge in [0.25, 0.3) is 0 Å². The van der Waals surface area contributed by atoms with Crippen LogP contribution in [0.5, 0.6) is 0 Å². The molecule has 3 rings (SSSR count). The average molecular weight is 450 g/mol. The zero-order valence-electron chi connectivity index (χ0n) is 14.8. The highest BCUT2D eigenvalue weighted by atomic mass is 127. The van der Waals surface area contributed by atoms with E-state index in [1.807, 2.05) is 7.05 Å². The van der Waals surface area contributed by atoms with Crippen molar-refractivity contribution in [2.45, 2.75) is 76.2 Å². The number of ether oxygens (including phenoxy) is 1. The molecule has 4 atom stereocenters. The van der Waals surface area contributed by atoms with Crippen LogP contribution in [-0.4, -0.2) is 61.2 Å². The van der Waals surface area contributed by atoms with E-state index in [1.54, 1.807) is 0 Å². The van der Waals surface area contributed by atoms with Crippen molar-refractivity contribution in [3.05, 3.63) is 0 Å². The summed E-state index contributed by atoms with van der Waals surface area (Å²) in [6, 6.07) is 0.739. The fraction of sp³-hybridized carbons (Fsp3) is 0.882. The van der Waals surface area contributed by atoms with E-state index in [0.29, 0.717) is 30.2 Å². The Balaban J connectivity index is 0.00000208. The highest BCUT2D eigenvalue weighted by molar-refractivity contribution is 14.0. The summed E-state index contributed by atoms with van der Waals surface area (Å²) >= 11 is 0. The lowest BCUT2D eigenvalue weighted by Gasteiger charge is -2.28. The molecular formula is C17H31IN4O2. The van der Waals surface area contributed by atoms with Gasteiger partial charge >= 0.3 is 0 Å². The van der Waals surface area contributed by atoms with Gasteiger partial charge in [-0.15, -0.1) is 24.0 Å². The average Bonchev–Trinajstić information content (AvgIpc) is 3.27. The fourth-order valence-corrected chi connectivity index (χ4v) is 4.15. The van der Waals surface area contributed by atoms with Crippen molar-refractivity contribution < 1.29 is 9.53 Å².